The highest BCUT2D eigenvalue weighted by Gasteiger charge is 2.32. The molecule has 0 aliphatic carbocycles. The fourth-order valence-electron chi connectivity index (χ4n) is 2.86. The standard InChI is InChI=1S/C14H17ClN2O3S/c1-20-10-4-5-13-12(7-10)16-14(8-15)17(13)9-11-3-2-6-21(11,18)19/h4-5,7,11H,2-3,6,8-9H2,1H3. The quantitative estimate of drug-likeness (QED) is 0.808. The van der Waals surface area contributed by atoms with Gasteiger partial charge in [-0.3, -0.25) is 0 Å². The van der Waals surface area contributed by atoms with Crippen molar-refractivity contribution in [1.82, 2.24) is 9.55 Å². The second kappa shape index (κ2) is 5.50. The summed E-state index contributed by atoms with van der Waals surface area (Å²) in [6.45, 7) is 0.424. The molecule has 1 aliphatic rings. The molecule has 2 heterocycles. The number of alkyl halides is 1. The van der Waals surface area contributed by atoms with E-state index in [1.807, 2.05) is 22.8 Å². The maximum Gasteiger partial charge on any atom is 0.154 e. The van der Waals surface area contributed by atoms with Crippen molar-refractivity contribution in [3.05, 3.63) is 24.0 Å². The van der Waals surface area contributed by atoms with Gasteiger partial charge in [0.15, 0.2) is 9.84 Å². The minimum absolute atomic E-state index is 0.254. The molecule has 5 nitrogen and oxygen atoms in total. The summed E-state index contributed by atoms with van der Waals surface area (Å²) < 4.78 is 31.2. The first-order chi connectivity index (χ1) is 10.0. The second-order valence-corrected chi connectivity index (χ2v) is 7.93. The highest BCUT2D eigenvalue weighted by atomic mass is 35.5. The molecule has 7 heteroatoms. The molecule has 3 rings (SSSR count). The lowest BCUT2D eigenvalue weighted by molar-refractivity contribution is 0.415. The number of ether oxygens (including phenoxy) is 1. The molecule has 1 saturated heterocycles. The fraction of sp³-hybridized carbons (Fsp3) is 0.500. The van der Waals surface area contributed by atoms with E-state index in [4.69, 9.17) is 16.3 Å². The molecule has 1 aliphatic heterocycles. The molecule has 2 aromatic rings. The third-order valence-electron chi connectivity index (χ3n) is 4.00. The smallest absolute Gasteiger partial charge is 0.154 e. The molecule has 1 aromatic heterocycles. The Morgan fingerprint density at radius 1 is 1.48 bits per heavy atom. The van der Waals surface area contributed by atoms with Gasteiger partial charge in [-0.1, -0.05) is 0 Å². The van der Waals surface area contributed by atoms with Crippen LogP contribution in [0.25, 0.3) is 11.0 Å². The van der Waals surface area contributed by atoms with Crippen LogP contribution >= 0.6 is 11.6 Å². The van der Waals surface area contributed by atoms with Crippen LogP contribution < -0.4 is 4.74 Å². The largest absolute Gasteiger partial charge is 0.497 e. The van der Waals surface area contributed by atoms with E-state index in [1.54, 1.807) is 7.11 Å². The molecule has 0 amide bonds. The number of halogens is 1. The van der Waals surface area contributed by atoms with Crippen LogP contribution in [-0.2, 0) is 22.3 Å². The number of methoxy groups -OCH3 is 1. The molecule has 0 saturated carbocycles. The van der Waals surface area contributed by atoms with E-state index >= 15 is 0 Å². The van der Waals surface area contributed by atoms with Crippen molar-refractivity contribution in [2.24, 2.45) is 0 Å². The van der Waals surface area contributed by atoms with Gasteiger partial charge in [0.1, 0.15) is 11.6 Å². The molecule has 1 unspecified atom stereocenters. The van der Waals surface area contributed by atoms with E-state index in [0.29, 0.717) is 18.8 Å². The Labute approximate surface area is 128 Å². The molecular formula is C14H17ClN2O3S. The predicted molar refractivity (Wildman–Crippen MR) is 82.7 cm³/mol. The molecule has 1 aromatic carbocycles. The van der Waals surface area contributed by atoms with E-state index < -0.39 is 9.84 Å². The van der Waals surface area contributed by atoms with E-state index in [0.717, 1.165) is 23.2 Å². The van der Waals surface area contributed by atoms with Crippen molar-refractivity contribution in [2.75, 3.05) is 12.9 Å². The van der Waals surface area contributed by atoms with Crippen LogP contribution in [0.4, 0.5) is 0 Å². The lowest BCUT2D eigenvalue weighted by Gasteiger charge is -2.13. The monoisotopic (exact) mass is 328 g/mol. The Morgan fingerprint density at radius 2 is 2.29 bits per heavy atom. The predicted octanol–water partition coefficient (Wildman–Crippen LogP) is 2.36. The van der Waals surface area contributed by atoms with E-state index in [9.17, 15) is 8.42 Å². The van der Waals surface area contributed by atoms with Crippen molar-refractivity contribution < 1.29 is 13.2 Å². The highest BCUT2D eigenvalue weighted by molar-refractivity contribution is 7.92. The van der Waals surface area contributed by atoms with E-state index in [-0.39, 0.29) is 16.9 Å². The Hall–Kier alpha value is -1.27. The third-order valence-corrected chi connectivity index (χ3v) is 6.50. The zero-order valence-corrected chi connectivity index (χ0v) is 13.3. The van der Waals surface area contributed by atoms with Gasteiger partial charge in [0.2, 0.25) is 0 Å². The first-order valence-electron chi connectivity index (χ1n) is 6.86. The fourth-order valence-corrected chi connectivity index (χ4v) is 4.87. The summed E-state index contributed by atoms with van der Waals surface area (Å²) in [4.78, 5) is 4.49. The molecule has 21 heavy (non-hydrogen) atoms. The lowest BCUT2D eigenvalue weighted by Crippen LogP contribution is -2.23. The molecule has 1 atom stereocenters. The zero-order chi connectivity index (χ0) is 15.0. The summed E-state index contributed by atoms with van der Waals surface area (Å²) in [5.41, 5.74) is 1.67. The van der Waals surface area contributed by atoms with Crippen LogP contribution in [0.3, 0.4) is 0 Å². The van der Waals surface area contributed by atoms with Crippen molar-refractivity contribution in [1.29, 1.82) is 0 Å². The first-order valence-corrected chi connectivity index (χ1v) is 9.11. The van der Waals surface area contributed by atoms with Gasteiger partial charge in [0.05, 0.1) is 35.0 Å². The number of fused-ring (bicyclic) bond motifs is 1. The Bertz CT molecular complexity index is 770. The lowest BCUT2D eigenvalue weighted by atomic mass is 10.2. The van der Waals surface area contributed by atoms with Crippen LogP contribution in [0.5, 0.6) is 5.75 Å². The normalized spacial score (nSPS) is 21.0. The van der Waals surface area contributed by atoms with Crippen molar-refractivity contribution in [3.63, 3.8) is 0 Å². The summed E-state index contributed by atoms with van der Waals surface area (Å²) in [6, 6.07) is 5.59. The molecule has 0 bridgehead atoms. The van der Waals surface area contributed by atoms with Crippen molar-refractivity contribution >= 4 is 32.5 Å². The molecule has 114 valence electrons. The van der Waals surface area contributed by atoms with Gasteiger partial charge in [0, 0.05) is 12.6 Å². The maximum absolute atomic E-state index is 12.0. The van der Waals surface area contributed by atoms with Crippen LogP contribution in [-0.4, -0.2) is 36.1 Å². The topological polar surface area (TPSA) is 61.2 Å². The molecule has 0 spiro atoms. The maximum atomic E-state index is 12.0. The van der Waals surface area contributed by atoms with Crippen LogP contribution in [0.15, 0.2) is 18.2 Å². The molecule has 0 radical (unpaired) electrons. The number of nitrogens with zero attached hydrogens (tertiary/aromatic N) is 2. The van der Waals surface area contributed by atoms with Crippen LogP contribution in [0.2, 0.25) is 0 Å². The summed E-state index contributed by atoms with van der Waals surface area (Å²) in [7, 11) is -1.38. The van der Waals surface area contributed by atoms with Gasteiger partial charge in [0.25, 0.3) is 0 Å². The minimum Gasteiger partial charge on any atom is -0.497 e. The Kier molecular flexibility index (Phi) is 3.84. The minimum atomic E-state index is -2.99. The van der Waals surface area contributed by atoms with Gasteiger partial charge in [-0.2, -0.15) is 0 Å². The first kappa shape index (κ1) is 14.7. The van der Waals surface area contributed by atoms with Crippen molar-refractivity contribution in [3.8, 4) is 5.75 Å². The van der Waals surface area contributed by atoms with Gasteiger partial charge >= 0.3 is 0 Å². The van der Waals surface area contributed by atoms with Gasteiger partial charge < -0.3 is 9.30 Å². The number of aromatic nitrogens is 2. The molecular weight excluding hydrogens is 312 g/mol. The summed E-state index contributed by atoms with van der Waals surface area (Å²) in [6.07, 6.45) is 1.45. The highest BCUT2D eigenvalue weighted by Crippen LogP contribution is 2.27. The Morgan fingerprint density at radius 3 is 2.90 bits per heavy atom. The average Bonchev–Trinajstić information content (AvgIpc) is 2.99. The summed E-state index contributed by atoms with van der Waals surface area (Å²) >= 11 is 5.97. The number of sulfone groups is 1. The number of hydrogen-bond acceptors (Lipinski definition) is 4. The van der Waals surface area contributed by atoms with E-state index in [1.165, 1.54) is 0 Å². The number of rotatable bonds is 4. The van der Waals surface area contributed by atoms with Crippen molar-refractivity contribution in [2.45, 2.75) is 30.5 Å². The third kappa shape index (κ3) is 2.62. The summed E-state index contributed by atoms with van der Waals surface area (Å²) in [5, 5.41) is -0.334. The SMILES string of the molecule is COc1ccc2c(c1)nc(CCl)n2CC1CCCS1(=O)=O. The summed E-state index contributed by atoms with van der Waals surface area (Å²) in [5.74, 6) is 1.96. The van der Waals surface area contributed by atoms with Gasteiger partial charge in [-0.25, -0.2) is 13.4 Å². The van der Waals surface area contributed by atoms with Gasteiger partial charge in [-0.15, -0.1) is 11.6 Å². The number of hydrogen-bond donors (Lipinski definition) is 0. The van der Waals surface area contributed by atoms with Crippen LogP contribution in [0, 0.1) is 0 Å². The number of benzene rings is 1. The molecule has 1 fully saturated rings. The Balaban J connectivity index is 2.04. The second-order valence-electron chi connectivity index (χ2n) is 5.26. The van der Waals surface area contributed by atoms with Gasteiger partial charge in [-0.05, 0) is 25.0 Å². The van der Waals surface area contributed by atoms with Crippen LogP contribution in [0.1, 0.15) is 18.7 Å². The zero-order valence-electron chi connectivity index (χ0n) is 11.8. The molecule has 0 N–H and O–H groups in total. The van der Waals surface area contributed by atoms with E-state index in [2.05, 4.69) is 4.98 Å². The average molecular weight is 329 g/mol. The number of imidazole rings is 1.